The molecule has 0 spiro atoms. The Kier molecular flexibility index (Phi) is 5.51. The number of hydrogen-bond donors (Lipinski definition) is 0. The van der Waals surface area contributed by atoms with Crippen molar-refractivity contribution in [2.24, 2.45) is 5.41 Å². The maximum Gasteiger partial charge on any atom is 0.0953 e. The Labute approximate surface area is 127 Å². The summed E-state index contributed by atoms with van der Waals surface area (Å²) < 4.78 is 7.81. The van der Waals surface area contributed by atoms with Crippen molar-refractivity contribution in [1.29, 1.82) is 0 Å². The Morgan fingerprint density at radius 1 is 1.24 bits per heavy atom. The number of nitrogens with zero attached hydrogens (tertiary/aromatic N) is 3. The zero-order valence-corrected chi connectivity index (χ0v) is 13.2. The van der Waals surface area contributed by atoms with Crippen molar-refractivity contribution in [1.82, 2.24) is 14.5 Å². The number of hydrogen-bond acceptors (Lipinski definition) is 3. The third-order valence-electron chi connectivity index (χ3n) is 3.08. The molecule has 0 saturated carbocycles. The van der Waals surface area contributed by atoms with Gasteiger partial charge in [-0.15, -0.1) is 0 Å². The number of aryl methyl sites for hydroxylation is 1. The summed E-state index contributed by atoms with van der Waals surface area (Å²) in [5.41, 5.74) is 2.29. The van der Waals surface area contributed by atoms with Gasteiger partial charge in [-0.2, -0.15) is 0 Å². The maximum atomic E-state index is 5.68. The average Bonchev–Trinajstić information content (AvgIpc) is 2.91. The minimum atomic E-state index is 0.253. The van der Waals surface area contributed by atoms with Crippen molar-refractivity contribution in [2.45, 2.75) is 40.2 Å². The van der Waals surface area contributed by atoms with E-state index in [1.165, 1.54) is 0 Å². The van der Waals surface area contributed by atoms with Gasteiger partial charge in [-0.25, -0.2) is 4.98 Å². The van der Waals surface area contributed by atoms with Gasteiger partial charge in [0, 0.05) is 37.3 Å². The van der Waals surface area contributed by atoms with E-state index >= 15 is 0 Å². The molecule has 2 rings (SSSR count). The molecule has 0 aliphatic carbocycles. The van der Waals surface area contributed by atoms with Crippen LogP contribution >= 0.6 is 0 Å². The highest BCUT2D eigenvalue weighted by Gasteiger charge is 2.09. The first-order valence-electron chi connectivity index (χ1n) is 7.54. The summed E-state index contributed by atoms with van der Waals surface area (Å²) in [6.45, 7) is 9.21. The van der Waals surface area contributed by atoms with Crippen LogP contribution in [0.25, 0.3) is 11.3 Å². The molecule has 0 radical (unpaired) electrons. The Bertz CT molecular complexity index is 528. The molecule has 2 aromatic rings. The van der Waals surface area contributed by atoms with E-state index in [9.17, 15) is 0 Å². The van der Waals surface area contributed by atoms with Crippen molar-refractivity contribution >= 4 is 0 Å². The summed E-state index contributed by atoms with van der Waals surface area (Å²) in [7, 11) is 0. The second kappa shape index (κ2) is 7.36. The third-order valence-corrected chi connectivity index (χ3v) is 3.08. The van der Waals surface area contributed by atoms with Crippen LogP contribution < -0.4 is 0 Å². The van der Waals surface area contributed by atoms with Gasteiger partial charge in [0.25, 0.3) is 0 Å². The number of unbranched alkanes of at least 4 members (excludes halogenated alkanes) is 1. The Morgan fingerprint density at radius 2 is 2.10 bits per heavy atom. The molecular formula is C17H25N3O. The highest BCUT2D eigenvalue weighted by molar-refractivity contribution is 5.56. The summed E-state index contributed by atoms with van der Waals surface area (Å²) in [5, 5.41) is 0. The fourth-order valence-corrected chi connectivity index (χ4v) is 2.02. The van der Waals surface area contributed by atoms with Gasteiger partial charge >= 0.3 is 0 Å². The lowest BCUT2D eigenvalue weighted by Crippen LogP contribution is -2.15. The highest BCUT2D eigenvalue weighted by Crippen LogP contribution is 2.15. The van der Waals surface area contributed by atoms with Crippen LogP contribution in [-0.2, 0) is 11.3 Å². The summed E-state index contributed by atoms with van der Waals surface area (Å²) in [4.78, 5) is 8.55. The molecule has 0 saturated heterocycles. The van der Waals surface area contributed by atoms with Gasteiger partial charge in [0.1, 0.15) is 0 Å². The molecule has 2 aromatic heterocycles. The number of pyridine rings is 1. The van der Waals surface area contributed by atoms with Crippen molar-refractivity contribution in [3.05, 3.63) is 37.1 Å². The molecule has 114 valence electrons. The maximum absolute atomic E-state index is 5.68. The topological polar surface area (TPSA) is 39.9 Å². The quantitative estimate of drug-likeness (QED) is 0.727. The van der Waals surface area contributed by atoms with Crippen LogP contribution in [0.4, 0.5) is 0 Å². The van der Waals surface area contributed by atoms with Crippen LogP contribution in [0, 0.1) is 5.41 Å². The third kappa shape index (κ3) is 5.68. The van der Waals surface area contributed by atoms with Gasteiger partial charge in [-0.3, -0.25) is 4.98 Å². The Morgan fingerprint density at radius 3 is 2.81 bits per heavy atom. The minimum absolute atomic E-state index is 0.253. The van der Waals surface area contributed by atoms with E-state index in [1.807, 2.05) is 24.7 Å². The number of ether oxygens (including phenoxy) is 1. The summed E-state index contributed by atoms with van der Waals surface area (Å²) in [5.74, 6) is 0. The molecule has 2 heterocycles. The molecule has 0 amide bonds. The fraction of sp³-hybridized carbons (Fsp3) is 0.529. The van der Waals surface area contributed by atoms with Crippen LogP contribution in [0.1, 0.15) is 33.6 Å². The Balaban J connectivity index is 1.69. The molecule has 0 aliphatic heterocycles. The van der Waals surface area contributed by atoms with Crippen molar-refractivity contribution < 1.29 is 4.74 Å². The minimum Gasteiger partial charge on any atom is -0.381 e. The van der Waals surface area contributed by atoms with Crippen LogP contribution in [0.2, 0.25) is 0 Å². The molecule has 0 atom stereocenters. The highest BCUT2D eigenvalue weighted by atomic mass is 16.5. The first-order valence-corrected chi connectivity index (χ1v) is 7.54. The van der Waals surface area contributed by atoms with Crippen LogP contribution in [0.15, 0.2) is 37.1 Å². The molecule has 0 fully saturated rings. The lowest BCUT2D eigenvalue weighted by molar-refractivity contribution is 0.0684. The fourth-order valence-electron chi connectivity index (χ4n) is 2.02. The van der Waals surface area contributed by atoms with Gasteiger partial charge in [0.15, 0.2) is 0 Å². The normalized spacial score (nSPS) is 11.8. The number of aromatic nitrogens is 3. The second-order valence-corrected chi connectivity index (χ2v) is 6.56. The number of rotatable bonds is 7. The molecule has 0 aliphatic rings. The van der Waals surface area contributed by atoms with Gasteiger partial charge in [0.2, 0.25) is 0 Å². The number of imidazole rings is 1. The van der Waals surface area contributed by atoms with Gasteiger partial charge in [0.05, 0.1) is 18.6 Å². The zero-order valence-electron chi connectivity index (χ0n) is 13.2. The lowest BCUT2D eigenvalue weighted by Gasteiger charge is -2.17. The molecule has 0 N–H and O–H groups in total. The van der Waals surface area contributed by atoms with Crippen molar-refractivity contribution in [3.63, 3.8) is 0 Å². The summed E-state index contributed by atoms with van der Waals surface area (Å²) >= 11 is 0. The van der Waals surface area contributed by atoms with Gasteiger partial charge in [-0.1, -0.05) is 20.8 Å². The van der Waals surface area contributed by atoms with E-state index in [0.29, 0.717) is 0 Å². The molecule has 0 unspecified atom stereocenters. The second-order valence-electron chi connectivity index (χ2n) is 6.56. The predicted molar refractivity (Wildman–Crippen MR) is 85.0 cm³/mol. The van der Waals surface area contributed by atoms with Gasteiger partial charge in [-0.05, 0) is 30.4 Å². The van der Waals surface area contributed by atoms with E-state index in [-0.39, 0.29) is 5.41 Å². The molecule has 0 bridgehead atoms. The SMILES string of the molecule is CC(C)(C)COCCCCn1cnc(-c2cccnc2)c1. The van der Waals surface area contributed by atoms with Crippen LogP contribution in [0.3, 0.4) is 0 Å². The van der Waals surface area contributed by atoms with E-state index in [0.717, 1.165) is 43.9 Å². The van der Waals surface area contributed by atoms with E-state index in [1.54, 1.807) is 6.20 Å². The average molecular weight is 287 g/mol. The molecule has 4 nitrogen and oxygen atoms in total. The van der Waals surface area contributed by atoms with Crippen molar-refractivity contribution in [3.8, 4) is 11.3 Å². The van der Waals surface area contributed by atoms with E-state index in [2.05, 4.69) is 41.5 Å². The smallest absolute Gasteiger partial charge is 0.0953 e. The lowest BCUT2D eigenvalue weighted by atomic mass is 9.99. The monoisotopic (exact) mass is 287 g/mol. The van der Waals surface area contributed by atoms with Crippen LogP contribution in [0.5, 0.6) is 0 Å². The predicted octanol–water partition coefficient (Wildman–Crippen LogP) is 3.79. The summed E-state index contributed by atoms with van der Waals surface area (Å²) in [6.07, 6.45) is 9.76. The molecular weight excluding hydrogens is 262 g/mol. The zero-order chi connectivity index (χ0) is 15.1. The molecule has 21 heavy (non-hydrogen) atoms. The summed E-state index contributed by atoms with van der Waals surface area (Å²) in [6, 6.07) is 3.96. The van der Waals surface area contributed by atoms with E-state index < -0.39 is 0 Å². The first kappa shape index (κ1) is 15.7. The largest absolute Gasteiger partial charge is 0.381 e. The van der Waals surface area contributed by atoms with Crippen LogP contribution in [-0.4, -0.2) is 27.7 Å². The Hall–Kier alpha value is -1.68. The standard InChI is InChI=1S/C17H25N3O/c1-17(2,3)13-21-10-5-4-9-20-12-16(19-14-20)15-7-6-8-18-11-15/h6-8,11-12,14H,4-5,9-10,13H2,1-3H3. The molecule has 4 heteroatoms. The van der Waals surface area contributed by atoms with Crippen molar-refractivity contribution in [2.75, 3.05) is 13.2 Å². The molecule has 0 aromatic carbocycles. The van der Waals surface area contributed by atoms with E-state index in [4.69, 9.17) is 4.74 Å². The first-order chi connectivity index (χ1) is 10.0. The van der Waals surface area contributed by atoms with Gasteiger partial charge < -0.3 is 9.30 Å².